The average Bonchev–Trinajstić information content (AvgIpc) is 2.45. The van der Waals surface area contributed by atoms with Crippen LogP contribution in [0.25, 0.3) is 0 Å². The highest BCUT2D eigenvalue weighted by Gasteiger charge is 2.32. The normalized spacial score (nSPS) is 25.5. The van der Waals surface area contributed by atoms with Crippen LogP contribution >= 0.6 is 11.6 Å². The van der Waals surface area contributed by atoms with E-state index in [9.17, 15) is 0 Å². The fourth-order valence-electron chi connectivity index (χ4n) is 1.87. The molecule has 0 amide bonds. The molecule has 0 unspecified atom stereocenters. The predicted molar refractivity (Wildman–Crippen MR) is 57.6 cm³/mol. The van der Waals surface area contributed by atoms with E-state index in [1.807, 2.05) is 6.07 Å². The van der Waals surface area contributed by atoms with Crippen molar-refractivity contribution in [1.29, 1.82) is 0 Å². The van der Waals surface area contributed by atoms with Crippen molar-refractivity contribution in [3.63, 3.8) is 0 Å². The third-order valence-electron chi connectivity index (χ3n) is 3.08. The van der Waals surface area contributed by atoms with Crippen LogP contribution in [-0.4, -0.2) is 6.54 Å². The van der Waals surface area contributed by atoms with Gasteiger partial charge >= 0.3 is 0 Å². The number of hydrogen-bond donors (Lipinski definition) is 1. The molecule has 1 aromatic rings. The first-order valence-electron chi connectivity index (χ1n) is 4.69. The lowest BCUT2D eigenvalue weighted by molar-refractivity contribution is 0.504. The molecule has 0 saturated heterocycles. The Morgan fingerprint density at radius 2 is 2.31 bits per heavy atom. The van der Waals surface area contributed by atoms with Crippen LogP contribution in [0.5, 0.6) is 0 Å². The minimum Gasteiger partial charge on any atom is -0.384 e. The number of benzene rings is 1. The Bertz CT molecular complexity index is 335. The standard InChI is InChI=1S/C11H14ClN/c1-3-11(2)7-13-10-5-4-8(12)6-9(10)11/h4-6,13H,3,7H2,1-2H3/t11-/m0/s1. The largest absolute Gasteiger partial charge is 0.384 e. The van der Waals surface area contributed by atoms with Crippen LogP contribution in [0.15, 0.2) is 18.2 Å². The third-order valence-corrected chi connectivity index (χ3v) is 3.32. The Kier molecular flexibility index (Phi) is 1.99. The van der Waals surface area contributed by atoms with Crippen LogP contribution in [0, 0.1) is 0 Å². The Labute approximate surface area is 84.1 Å². The maximum absolute atomic E-state index is 5.98. The van der Waals surface area contributed by atoms with Gasteiger partial charge in [-0.15, -0.1) is 0 Å². The van der Waals surface area contributed by atoms with E-state index in [1.54, 1.807) is 0 Å². The maximum atomic E-state index is 5.98. The zero-order valence-corrected chi connectivity index (χ0v) is 8.78. The highest BCUT2D eigenvalue weighted by atomic mass is 35.5. The van der Waals surface area contributed by atoms with E-state index in [2.05, 4.69) is 31.3 Å². The molecule has 70 valence electrons. The first-order chi connectivity index (χ1) is 6.15. The summed E-state index contributed by atoms with van der Waals surface area (Å²) in [5.74, 6) is 0. The van der Waals surface area contributed by atoms with Crippen molar-refractivity contribution in [1.82, 2.24) is 0 Å². The lowest BCUT2D eigenvalue weighted by atomic mass is 9.82. The Balaban J connectivity index is 2.52. The third kappa shape index (κ3) is 1.31. The second-order valence-electron chi connectivity index (χ2n) is 3.96. The van der Waals surface area contributed by atoms with Crippen molar-refractivity contribution in [3.05, 3.63) is 28.8 Å². The molecule has 1 heterocycles. The number of anilines is 1. The molecule has 0 fully saturated rings. The average molecular weight is 196 g/mol. The molecular formula is C11H14ClN. The molecule has 0 spiro atoms. The van der Waals surface area contributed by atoms with Crippen LogP contribution in [0.2, 0.25) is 5.02 Å². The minimum atomic E-state index is 0.264. The molecule has 1 atom stereocenters. The van der Waals surface area contributed by atoms with Gasteiger partial charge < -0.3 is 5.32 Å². The quantitative estimate of drug-likeness (QED) is 0.724. The van der Waals surface area contributed by atoms with E-state index in [1.165, 1.54) is 11.3 Å². The summed E-state index contributed by atoms with van der Waals surface area (Å²) in [6, 6.07) is 6.09. The van der Waals surface area contributed by atoms with Crippen LogP contribution in [0.3, 0.4) is 0 Å². The second kappa shape index (κ2) is 2.91. The predicted octanol–water partition coefficient (Wildman–Crippen LogP) is 3.43. The molecule has 0 radical (unpaired) electrons. The SMILES string of the molecule is CC[C@@]1(C)CNc2ccc(Cl)cc21. The first-order valence-corrected chi connectivity index (χ1v) is 5.07. The van der Waals surface area contributed by atoms with Gasteiger partial charge in [0.1, 0.15) is 0 Å². The van der Waals surface area contributed by atoms with E-state index in [0.29, 0.717) is 0 Å². The summed E-state index contributed by atoms with van der Waals surface area (Å²) >= 11 is 5.98. The summed E-state index contributed by atoms with van der Waals surface area (Å²) in [7, 11) is 0. The monoisotopic (exact) mass is 195 g/mol. The van der Waals surface area contributed by atoms with Crippen LogP contribution in [0.1, 0.15) is 25.8 Å². The smallest absolute Gasteiger partial charge is 0.0410 e. The van der Waals surface area contributed by atoms with E-state index in [0.717, 1.165) is 18.0 Å². The van der Waals surface area contributed by atoms with Gasteiger partial charge in [0.05, 0.1) is 0 Å². The van der Waals surface area contributed by atoms with Crippen molar-refractivity contribution in [2.75, 3.05) is 11.9 Å². The number of halogens is 1. The summed E-state index contributed by atoms with van der Waals surface area (Å²) in [4.78, 5) is 0. The molecule has 2 heteroatoms. The van der Waals surface area contributed by atoms with Crippen molar-refractivity contribution >= 4 is 17.3 Å². The van der Waals surface area contributed by atoms with Gasteiger partial charge in [-0.3, -0.25) is 0 Å². The Morgan fingerprint density at radius 1 is 1.54 bits per heavy atom. The zero-order chi connectivity index (χ0) is 9.47. The van der Waals surface area contributed by atoms with Gasteiger partial charge in [0.2, 0.25) is 0 Å². The van der Waals surface area contributed by atoms with Crippen LogP contribution in [-0.2, 0) is 5.41 Å². The summed E-state index contributed by atoms with van der Waals surface area (Å²) < 4.78 is 0. The summed E-state index contributed by atoms with van der Waals surface area (Å²) in [5, 5.41) is 4.25. The van der Waals surface area contributed by atoms with Gasteiger partial charge in [-0.05, 0) is 30.2 Å². The number of rotatable bonds is 1. The summed E-state index contributed by atoms with van der Waals surface area (Å²) in [5.41, 5.74) is 2.87. The Morgan fingerprint density at radius 3 is 3.00 bits per heavy atom. The van der Waals surface area contributed by atoms with E-state index < -0.39 is 0 Å². The molecular weight excluding hydrogens is 182 g/mol. The summed E-state index contributed by atoms with van der Waals surface area (Å²) in [6.45, 7) is 5.53. The van der Waals surface area contributed by atoms with E-state index >= 15 is 0 Å². The van der Waals surface area contributed by atoms with Crippen LogP contribution < -0.4 is 5.32 Å². The molecule has 1 aliphatic heterocycles. The van der Waals surface area contributed by atoms with Gasteiger partial charge in [0.15, 0.2) is 0 Å². The van der Waals surface area contributed by atoms with Crippen molar-refractivity contribution in [3.8, 4) is 0 Å². The molecule has 2 rings (SSSR count). The highest BCUT2D eigenvalue weighted by molar-refractivity contribution is 6.30. The fraction of sp³-hybridized carbons (Fsp3) is 0.455. The molecule has 0 aliphatic carbocycles. The maximum Gasteiger partial charge on any atom is 0.0410 e. The van der Waals surface area contributed by atoms with Gasteiger partial charge in [0, 0.05) is 22.7 Å². The van der Waals surface area contributed by atoms with Gasteiger partial charge in [-0.25, -0.2) is 0 Å². The fourth-order valence-corrected chi connectivity index (χ4v) is 2.04. The van der Waals surface area contributed by atoms with E-state index in [-0.39, 0.29) is 5.41 Å². The molecule has 1 aromatic carbocycles. The molecule has 1 aliphatic rings. The van der Waals surface area contributed by atoms with Crippen molar-refractivity contribution in [2.24, 2.45) is 0 Å². The Hall–Kier alpha value is -0.690. The van der Waals surface area contributed by atoms with Crippen molar-refractivity contribution in [2.45, 2.75) is 25.7 Å². The zero-order valence-electron chi connectivity index (χ0n) is 8.02. The number of nitrogens with one attached hydrogen (secondary N) is 1. The molecule has 1 nitrogen and oxygen atoms in total. The van der Waals surface area contributed by atoms with E-state index in [4.69, 9.17) is 11.6 Å². The highest BCUT2D eigenvalue weighted by Crippen LogP contribution is 2.39. The van der Waals surface area contributed by atoms with Gasteiger partial charge in [0.25, 0.3) is 0 Å². The lowest BCUT2D eigenvalue weighted by Crippen LogP contribution is -2.22. The van der Waals surface area contributed by atoms with Crippen molar-refractivity contribution < 1.29 is 0 Å². The molecule has 1 N–H and O–H groups in total. The number of hydrogen-bond acceptors (Lipinski definition) is 1. The molecule has 0 aromatic heterocycles. The topological polar surface area (TPSA) is 12.0 Å². The lowest BCUT2D eigenvalue weighted by Gasteiger charge is -2.21. The van der Waals surface area contributed by atoms with Gasteiger partial charge in [-0.1, -0.05) is 25.4 Å². The summed E-state index contributed by atoms with van der Waals surface area (Å²) in [6.07, 6.45) is 1.15. The minimum absolute atomic E-state index is 0.264. The van der Waals surface area contributed by atoms with Gasteiger partial charge in [-0.2, -0.15) is 0 Å². The number of fused-ring (bicyclic) bond motifs is 1. The molecule has 0 bridgehead atoms. The van der Waals surface area contributed by atoms with Crippen LogP contribution in [0.4, 0.5) is 5.69 Å². The molecule has 0 saturated carbocycles. The molecule has 13 heavy (non-hydrogen) atoms. The first kappa shape index (κ1) is 8.89. The second-order valence-corrected chi connectivity index (χ2v) is 4.39.